The minimum atomic E-state index is -3.63. The number of ether oxygens (including phenoxy) is 2. The number of hydrogen-bond acceptors (Lipinski definition) is 6. The molecule has 7 nitrogen and oxygen atoms in total. The molecule has 0 unspecified atom stereocenters. The molecule has 2 N–H and O–H groups in total. The Bertz CT molecular complexity index is 1110. The minimum absolute atomic E-state index is 0.111. The van der Waals surface area contributed by atoms with E-state index >= 15 is 0 Å². The monoisotopic (exact) mass is 389 g/mol. The van der Waals surface area contributed by atoms with Gasteiger partial charge in [-0.25, -0.2) is 13.4 Å². The Morgan fingerprint density at radius 1 is 1.07 bits per heavy atom. The Hall–Kier alpha value is -2.74. The molecule has 0 saturated heterocycles. The fourth-order valence-electron chi connectivity index (χ4n) is 2.78. The topological polar surface area (TPSA) is 95.9 Å². The van der Waals surface area contributed by atoms with E-state index in [2.05, 4.69) is 4.98 Å². The quantitative estimate of drug-likeness (QED) is 0.689. The maximum atomic E-state index is 13.0. The molecule has 27 heavy (non-hydrogen) atoms. The summed E-state index contributed by atoms with van der Waals surface area (Å²) >= 11 is 0. The van der Waals surface area contributed by atoms with Crippen molar-refractivity contribution in [3.05, 3.63) is 36.7 Å². The molecule has 1 aromatic carbocycles. The number of anilines is 1. The van der Waals surface area contributed by atoms with Crippen molar-refractivity contribution in [2.45, 2.75) is 30.4 Å². The van der Waals surface area contributed by atoms with Gasteiger partial charge in [0, 0.05) is 29.6 Å². The van der Waals surface area contributed by atoms with Gasteiger partial charge in [0.25, 0.3) is 0 Å². The molecule has 0 bridgehead atoms. The van der Waals surface area contributed by atoms with Crippen LogP contribution in [0.15, 0.2) is 41.6 Å². The van der Waals surface area contributed by atoms with Gasteiger partial charge in [0.05, 0.1) is 30.9 Å². The highest BCUT2D eigenvalue weighted by Crippen LogP contribution is 2.35. The van der Waals surface area contributed by atoms with Crippen LogP contribution in [0, 0.1) is 0 Å². The van der Waals surface area contributed by atoms with Gasteiger partial charge in [-0.2, -0.15) is 0 Å². The summed E-state index contributed by atoms with van der Waals surface area (Å²) in [5.74, 6) is 0.871. The van der Waals surface area contributed by atoms with Crippen molar-refractivity contribution < 1.29 is 17.9 Å². The van der Waals surface area contributed by atoms with Gasteiger partial charge >= 0.3 is 0 Å². The summed E-state index contributed by atoms with van der Waals surface area (Å²) < 4.78 is 37.4. The molecule has 3 aromatic rings. The van der Waals surface area contributed by atoms with Crippen molar-refractivity contribution >= 4 is 21.2 Å². The number of imidazole rings is 1. The predicted octanol–water partition coefficient (Wildman–Crippen LogP) is 3.17. The summed E-state index contributed by atoms with van der Waals surface area (Å²) in [7, 11) is -0.625. The first-order valence-corrected chi connectivity index (χ1v) is 9.81. The zero-order valence-corrected chi connectivity index (χ0v) is 16.8. The summed E-state index contributed by atoms with van der Waals surface area (Å²) in [4.78, 5) is 4.49. The smallest absolute Gasteiger partial charge is 0.188 e. The number of rotatable bonds is 4. The molecule has 0 aliphatic carbocycles. The third kappa shape index (κ3) is 3.21. The SMILES string of the molecule is COc1cc(N)cc(-c2cnc3cc(OC)c(S(=O)(=O)C(C)(C)C)cn23)c1. The molecule has 0 amide bonds. The number of benzene rings is 1. The van der Waals surface area contributed by atoms with Gasteiger partial charge in [0.2, 0.25) is 0 Å². The molecule has 0 radical (unpaired) electrons. The standard InChI is InChI=1S/C19H23N3O4S/c1-19(2,3)27(23,24)17-11-22-15(10-21-18(22)9-16(17)26-5)12-6-13(20)8-14(7-12)25-4/h6-11H,20H2,1-5H3. The maximum Gasteiger partial charge on any atom is 0.188 e. The average Bonchev–Trinajstić information content (AvgIpc) is 3.01. The molecule has 2 aromatic heterocycles. The number of methoxy groups -OCH3 is 2. The van der Waals surface area contributed by atoms with Crippen molar-refractivity contribution in [2.24, 2.45) is 0 Å². The third-order valence-corrected chi connectivity index (χ3v) is 6.85. The summed E-state index contributed by atoms with van der Waals surface area (Å²) in [6, 6.07) is 6.94. The maximum absolute atomic E-state index is 13.0. The van der Waals surface area contributed by atoms with Gasteiger partial charge in [0.15, 0.2) is 9.84 Å². The normalized spacial score (nSPS) is 12.3. The Balaban J connectivity index is 2.31. The summed E-state index contributed by atoms with van der Waals surface area (Å²) in [6.07, 6.45) is 3.21. The number of nitrogens with two attached hydrogens (primary N) is 1. The first-order chi connectivity index (χ1) is 12.6. The number of aromatic nitrogens is 2. The fourth-order valence-corrected chi connectivity index (χ4v) is 4.09. The minimum Gasteiger partial charge on any atom is -0.497 e. The molecule has 144 valence electrons. The van der Waals surface area contributed by atoms with Crippen LogP contribution in [0.3, 0.4) is 0 Å². The van der Waals surface area contributed by atoms with Crippen molar-refractivity contribution in [3.63, 3.8) is 0 Å². The number of nitrogens with zero attached hydrogens (tertiary/aromatic N) is 2. The molecule has 2 heterocycles. The lowest BCUT2D eigenvalue weighted by Gasteiger charge is -2.21. The van der Waals surface area contributed by atoms with E-state index < -0.39 is 14.6 Å². The lowest BCUT2D eigenvalue weighted by atomic mass is 10.1. The fraction of sp³-hybridized carbons (Fsp3) is 0.316. The van der Waals surface area contributed by atoms with Gasteiger partial charge in [-0.3, -0.25) is 4.40 Å². The largest absolute Gasteiger partial charge is 0.497 e. The number of sulfone groups is 1. The second-order valence-electron chi connectivity index (χ2n) is 7.19. The molecule has 0 aliphatic rings. The van der Waals surface area contributed by atoms with Crippen LogP contribution in [0.4, 0.5) is 5.69 Å². The van der Waals surface area contributed by atoms with E-state index in [1.54, 1.807) is 62.9 Å². The zero-order valence-electron chi connectivity index (χ0n) is 16.0. The lowest BCUT2D eigenvalue weighted by Crippen LogP contribution is -2.28. The molecule has 0 atom stereocenters. The molecular weight excluding hydrogens is 366 g/mol. The molecule has 8 heteroatoms. The Labute approximate surface area is 158 Å². The highest BCUT2D eigenvalue weighted by Gasteiger charge is 2.34. The van der Waals surface area contributed by atoms with Crippen LogP contribution in [0.1, 0.15) is 20.8 Å². The van der Waals surface area contributed by atoms with Crippen molar-refractivity contribution in [2.75, 3.05) is 20.0 Å². The van der Waals surface area contributed by atoms with Gasteiger partial charge in [-0.05, 0) is 32.9 Å². The molecular formula is C19H23N3O4S. The van der Waals surface area contributed by atoms with Crippen LogP contribution < -0.4 is 15.2 Å². The first-order valence-electron chi connectivity index (χ1n) is 8.33. The van der Waals surface area contributed by atoms with Crippen molar-refractivity contribution in [1.29, 1.82) is 0 Å². The van der Waals surface area contributed by atoms with Crippen LogP contribution in [-0.2, 0) is 9.84 Å². The van der Waals surface area contributed by atoms with Crippen LogP contribution in [-0.4, -0.2) is 36.8 Å². The zero-order chi connectivity index (χ0) is 20.0. The number of hydrogen-bond donors (Lipinski definition) is 1. The Morgan fingerprint density at radius 2 is 1.78 bits per heavy atom. The molecule has 0 aliphatic heterocycles. The highest BCUT2D eigenvalue weighted by molar-refractivity contribution is 7.92. The van der Waals surface area contributed by atoms with Crippen LogP contribution in [0.5, 0.6) is 11.5 Å². The van der Waals surface area contributed by atoms with Gasteiger partial charge < -0.3 is 15.2 Å². The lowest BCUT2D eigenvalue weighted by molar-refractivity contribution is 0.401. The van der Waals surface area contributed by atoms with E-state index in [4.69, 9.17) is 15.2 Å². The van der Waals surface area contributed by atoms with Crippen LogP contribution in [0.25, 0.3) is 16.9 Å². The van der Waals surface area contributed by atoms with Crippen molar-refractivity contribution in [1.82, 2.24) is 9.38 Å². The van der Waals surface area contributed by atoms with E-state index in [-0.39, 0.29) is 10.6 Å². The number of nitrogen functional groups attached to an aromatic ring is 1. The number of fused-ring (bicyclic) bond motifs is 1. The summed E-state index contributed by atoms with van der Waals surface area (Å²) in [5, 5.41) is 0. The van der Waals surface area contributed by atoms with Gasteiger partial charge in [-0.15, -0.1) is 0 Å². The van der Waals surface area contributed by atoms with Crippen LogP contribution in [0.2, 0.25) is 0 Å². The Kier molecular flexibility index (Phi) is 4.55. The van der Waals surface area contributed by atoms with E-state index in [0.717, 1.165) is 5.56 Å². The van der Waals surface area contributed by atoms with E-state index in [1.165, 1.54) is 7.11 Å². The van der Waals surface area contributed by atoms with Crippen LogP contribution >= 0.6 is 0 Å². The third-order valence-electron chi connectivity index (χ3n) is 4.35. The first kappa shape index (κ1) is 19.0. The van der Waals surface area contributed by atoms with Crippen molar-refractivity contribution in [3.8, 4) is 22.8 Å². The molecule has 0 spiro atoms. The Morgan fingerprint density at radius 3 is 2.37 bits per heavy atom. The molecule has 3 rings (SSSR count). The average molecular weight is 389 g/mol. The van der Waals surface area contributed by atoms with E-state index in [0.29, 0.717) is 22.8 Å². The summed E-state index contributed by atoms with van der Waals surface area (Å²) in [6.45, 7) is 4.97. The second kappa shape index (κ2) is 6.45. The van der Waals surface area contributed by atoms with E-state index in [1.807, 2.05) is 6.07 Å². The predicted molar refractivity (Wildman–Crippen MR) is 105 cm³/mol. The van der Waals surface area contributed by atoms with Gasteiger partial charge in [-0.1, -0.05) is 0 Å². The number of pyridine rings is 1. The summed E-state index contributed by atoms with van der Waals surface area (Å²) in [5.41, 5.74) is 8.53. The molecule has 0 fully saturated rings. The molecule has 0 saturated carbocycles. The van der Waals surface area contributed by atoms with E-state index in [9.17, 15) is 8.42 Å². The second-order valence-corrected chi connectivity index (χ2v) is 9.86. The van der Waals surface area contributed by atoms with Gasteiger partial charge in [0.1, 0.15) is 22.0 Å². The highest BCUT2D eigenvalue weighted by atomic mass is 32.2.